The number of halogens is 2. The summed E-state index contributed by atoms with van der Waals surface area (Å²) < 4.78 is 1.91. The third kappa shape index (κ3) is 4.34. The summed E-state index contributed by atoms with van der Waals surface area (Å²) in [6, 6.07) is 11.2. The van der Waals surface area contributed by atoms with Crippen molar-refractivity contribution in [1.82, 2.24) is 9.88 Å². The molecule has 0 unspecified atom stereocenters. The van der Waals surface area contributed by atoms with Crippen molar-refractivity contribution < 1.29 is 14.5 Å². The Morgan fingerprint density at radius 1 is 1.06 bits per heavy atom. The normalized spacial score (nSPS) is 15.1. The van der Waals surface area contributed by atoms with Gasteiger partial charge in [0.25, 0.3) is 17.5 Å². The fourth-order valence-corrected chi connectivity index (χ4v) is 4.66. The summed E-state index contributed by atoms with van der Waals surface area (Å²) in [5.41, 5.74) is 3.78. The molecular formula is C24H18Cl2N4O4S. The van der Waals surface area contributed by atoms with Crippen LogP contribution in [0.2, 0.25) is 10.0 Å². The second kappa shape index (κ2) is 9.26. The molecule has 2 heterocycles. The van der Waals surface area contributed by atoms with Crippen LogP contribution in [0, 0.1) is 30.9 Å². The fraction of sp³-hybridized carbons (Fsp3) is 0.125. The number of carbonyl (C=O) groups excluding carboxylic acids is 2. The van der Waals surface area contributed by atoms with Crippen molar-refractivity contribution >= 4 is 69.8 Å². The molecule has 35 heavy (non-hydrogen) atoms. The number of thiocarbonyl (C=S) groups is 1. The van der Waals surface area contributed by atoms with Gasteiger partial charge in [-0.05, 0) is 74.5 Å². The van der Waals surface area contributed by atoms with Gasteiger partial charge >= 0.3 is 0 Å². The quantitative estimate of drug-likeness (QED) is 0.159. The van der Waals surface area contributed by atoms with Crippen LogP contribution in [0.1, 0.15) is 22.5 Å². The molecule has 0 aliphatic carbocycles. The molecule has 8 nitrogen and oxygen atoms in total. The smallest absolute Gasteiger partial charge is 0.270 e. The van der Waals surface area contributed by atoms with Crippen LogP contribution in [0.5, 0.6) is 0 Å². The number of anilines is 1. The van der Waals surface area contributed by atoms with E-state index in [0.717, 1.165) is 22.0 Å². The first-order valence-corrected chi connectivity index (χ1v) is 11.5. The summed E-state index contributed by atoms with van der Waals surface area (Å²) in [4.78, 5) is 37.9. The lowest BCUT2D eigenvalue weighted by Gasteiger charge is -2.29. The van der Waals surface area contributed by atoms with E-state index in [1.165, 1.54) is 18.2 Å². The number of nitro benzene ring substituents is 1. The molecule has 11 heteroatoms. The van der Waals surface area contributed by atoms with Crippen LogP contribution in [0.15, 0.2) is 48.0 Å². The Hall–Kier alpha value is -3.53. The number of hydrogen-bond acceptors (Lipinski definition) is 5. The van der Waals surface area contributed by atoms with Crippen molar-refractivity contribution in [3.05, 3.63) is 90.7 Å². The van der Waals surface area contributed by atoms with E-state index in [4.69, 9.17) is 35.4 Å². The first-order chi connectivity index (χ1) is 16.5. The molecule has 2 aromatic carbocycles. The Morgan fingerprint density at radius 2 is 1.77 bits per heavy atom. The van der Waals surface area contributed by atoms with Gasteiger partial charge in [-0.2, -0.15) is 0 Å². The zero-order valence-corrected chi connectivity index (χ0v) is 21.1. The van der Waals surface area contributed by atoms with E-state index in [1.807, 2.05) is 24.5 Å². The largest absolute Gasteiger partial charge is 0.318 e. The molecule has 1 aliphatic heterocycles. The van der Waals surface area contributed by atoms with E-state index in [0.29, 0.717) is 11.1 Å². The van der Waals surface area contributed by atoms with Gasteiger partial charge in [-0.25, -0.2) is 0 Å². The topological polar surface area (TPSA) is 97.5 Å². The average Bonchev–Trinajstić information content (AvgIpc) is 3.06. The van der Waals surface area contributed by atoms with Crippen molar-refractivity contribution in [2.24, 2.45) is 0 Å². The van der Waals surface area contributed by atoms with Gasteiger partial charge in [0.15, 0.2) is 5.11 Å². The van der Waals surface area contributed by atoms with Gasteiger partial charge < -0.3 is 4.57 Å². The number of nitrogens with one attached hydrogen (secondary N) is 1. The van der Waals surface area contributed by atoms with Crippen LogP contribution in [-0.2, 0) is 9.59 Å². The number of nitro groups is 1. The number of non-ortho nitro benzene ring substituents is 1. The summed E-state index contributed by atoms with van der Waals surface area (Å²) in [7, 11) is 0. The highest BCUT2D eigenvalue weighted by atomic mass is 35.5. The number of rotatable bonds is 4. The molecule has 3 aromatic rings. The van der Waals surface area contributed by atoms with E-state index in [1.54, 1.807) is 31.2 Å². The van der Waals surface area contributed by atoms with Gasteiger partial charge in [0.1, 0.15) is 5.57 Å². The maximum absolute atomic E-state index is 13.4. The Balaban J connectivity index is 1.79. The molecule has 0 atom stereocenters. The Morgan fingerprint density at radius 3 is 2.43 bits per heavy atom. The second-order valence-electron chi connectivity index (χ2n) is 7.92. The first kappa shape index (κ1) is 24.6. The van der Waals surface area contributed by atoms with Gasteiger partial charge in [0, 0.05) is 29.2 Å². The number of hydrogen-bond donors (Lipinski definition) is 1. The summed E-state index contributed by atoms with van der Waals surface area (Å²) in [6.07, 6.45) is 1.49. The molecule has 0 saturated carbocycles. The van der Waals surface area contributed by atoms with E-state index in [-0.39, 0.29) is 32.1 Å². The lowest BCUT2D eigenvalue weighted by atomic mass is 10.1. The van der Waals surface area contributed by atoms with Gasteiger partial charge in [0.2, 0.25) is 0 Å². The number of benzene rings is 2. The summed E-state index contributed by atoms with van der Waals surface area (Å²) >= 11 is 17.6. The monoisotopic (exact) mass is 528 g/mol. The Kier molecular flexibility index (Phi) is 6.50. The van der Waals surface area contributed by atoms with Crippen molar-refractivity contribution in [3.63, 3.8) is 0 Å². The van der Waals surface area contributed by atoms with Crippen LogP contribution < -0.4 is 10.2 Å². The Labute approximate surface area is 215 Å². The molecule has 2 amide bonds. The molecule has 1 N–H and O–H groups in total. The highest BCUT2D eigenvalue weighted by molar-refractivity contribution is 7.80. The third-order valence-electron chi connectivity index (χ3n) is 5.68. The van der Waals surface area contributed by atoms with Gasteiger partial charge in [0.05, 0.1) is 20.7 Å². The maximum Gasteiger partial charge on any atom is 0.270 e. The number of carbonyl (C=O) groups is 2. The van der Waals surface area contributed by atoms with Gasteiger partial charge in [-0.1, -0.05) is 29.3 Å². The molecular weight excluding hydrogens is 511 g/mol. The highest BCUT2D eigenvalue weighted by Crippen LogP contribution is 2.35. The number of amides is 2. The third-order valence-corrected chi connectivity index (χ3v) is 6.77. The maximum atomic E-state index is 13.4. The molecule has 0 spiro atoms. The van der Waals surface area contributed by atoms with Crippen LogP contribution in [0.4, 0.5) is 11.4 Å². The van der Waals surface area contributed by atoms with Gasteiger partial charge in [-0.15, -0.1) is 0 Å². The van der Waals surface area contributed by atoms with Crippen LogP contribution >= 0.6 is 35.4 Å². The predicted octanol–water partition coefficient (Wildman–Crippen LogP) is 5.45. The average molecular weight is 529 g/mol. The standard InChI is InChI=1S/C24H18Cl2N4O4S/c1-12-9-16(30(33)34)7-8-19(12)28-13(2)10-15(14(28)3)11-17-22(31)27-24(35)29(23(17)32)20-6-4-5-18(25)21(20)26/h4-11H,1-3H3,(H,27,31,35)/b17-11+. The predicted molar refractivity (Wildman–Crippen MR) is 139 cm³/mol. The number of nitrogens with zero attached hydrogens (tertiary/aromatic N) is 3. The van der Waals surface area contributed by atoms with Crippen molar-refractivity contribution in [1.29, 1.82) is 0 Å². The zero-order valence-electron chi connectivity index (χ0n) is 18.8. The lowest BCUT2D eigenvalue weighted by molar-refractivity contribution is -0.384. The molecule has 0 bridgehead atoms. The summed E-state index contributed by atoms with van der Waals surface area (Å²) in [5, 5.41) is 13.9. The Bertz CT molecular complexity index is 1480. The van der Waals surface area contributed by atoms with Crippen molar-refractivity contribution in [2.75, 3.05) is 4.90 Å². The van der Waals surface area contributed by atoms with Crippen LogP contribution in [-0.4, -0.2) is 26.4 Å². The summed E-state index contributed by atoms with van der Waals surface area (Å²) in [5.74, 6) is -1.27. The molecule has 4 rings (SSSR count). The van der Waals surface area contributed by atoms with Crippen LogP contribution in [0.25, 0.3) is 11.8 Å². The molecule has 1 aromatic heterocycles. The van der Waals surface area contributed by atoms with Crippen LogP contribution in [0.3, 0.4) is 0 Å². The molecule has 1 aliphatic rings. The lowest BCUT2D eigenvalue weighted by Crippen LogP contribution is -2.54. The molecule has 1 fully saturated rings. The minimum atomic E-state index is -0.640. The number of aryl methyl sites for hydroxylation is 2. The van der Waals surface area contributed by atoms with E-state index >= 15 is 0 Å². The molecule has 178 valence electrons. The van der Waals surface area contributed by atoms with Crippen molar-refractivity contribution in [2.45, 2.75) is 20.8 Å². The molecule has 0 radical (unpaired) electrons. The number of aromatic nitrogens is 1. The second-order valence-corrected chi connectivity index (χ2v) is 9.09. The first-order valence-electron chi connectivity index (χ1n) is 10.3. The molecule has 1 saturated heterocycles. The fourth-order valence-electron chi connectivity index (χ4n) is 4.01. The highest BCUT2D eigenvalue weighted by Gasteiger charge is 2.36. The minimum absolute atomic E-state index is 0.00346. The SMILES string of the molecule is Cc1cc([N+](=O)[O-])ccc1-n1c(C)cc(/C=C2\C(=O)NC(=S)N(c3cccc(Cl)c3Cl)C2=O)c1C. The van der Waals surface area contributed by atoms with E-state index in [9.17, 15) is 19.7 Å². The van der Waals surface area contributed by atoms with Crippen molar-refractivity contribution in [3.8, 4) is 5.69 Å². The van der Waals surface area contributed by atoms with E-state index in [2.05, 4.69) is 5.32 Å². The van der Waals surface area contributed by atoms with E-state index < -0.39 is 16.7 Å². The minimum Gasteiger partial charge on any atom is -0.318 e. The zero-order chi connectivity index (χ0) is 25.6. The summed E-state index contributed by atoms with van der Waals surface area (Å²) in [6.45, 7) is 5.48. The van der Waals surface area contributed by atoms with Gasteiger partial charge in [-0.3, -0.25) is 29.9 Å².